The Bertz CT molecular complexity index is 944. The second-order valence-electron chi connectivity index (χ2n) is 10.1. The molecule has 1 saturated heterocycles. The van der Waals surface area contributed by atoms with Crippen LogP contribution in [0.25, 0.3) is 0 Å². The van der Waals surface area contributed by atoms with Crippen molar-refractivity contribution in [3.63, 3.8) is 0 Å². The van der Waals surface area contributed by atoms with Gasteiger partial charge in [-0.1, -0.05) is 32.9 Å². The molecule has 3 unspecified atom stereocenters. The summed E-state index contributed by atoms with van der Waals surface area (Å²) in [7, 11) is 0. The van der Waals surface area contributed by atoms with Crippen molar-refractivity contribution < 1.29 is 14.1 Å². The number of fused-ring (bicyclic) bond motifs is 1. The summed E-state index contributed by atoms with van der Waals surface area (Å²) in [5.74, 6) is 1.39. The predicted octanol–water partition coefficient (Wildman–Crippen LogP) is 3.65. The highest BCUT2D eigenvalue weighted by atomic mass is 16.5. The first-order chi connectivity index (χ1) is 14.6. The highest BCUT2D eigenvalue weighted by molar-refractivity contribution is 5.92. The molecule has 0 bridgehead atoms. The maximum absolute atomic E-state index is 12.9. The van der Waals surface area contributed by atoms with Gasteiger partial charge in [0.2, 0.25) is 5.95 Å². The molecule has 4 rings (SSSR count). The van der Waals surface area contributed by atoms with Crippen LogP contribution in [0.3, 0.4) is 0 Å². The lowest BCUT2D eigenvalue weighted by Gasteiger charge is -2.38. The Balaban J connectivity index is 1.57. The molecule has 1 aliphatic carbocycles. The number of aromatic nitrogens is 3. The van der Waals surface area contributed by atoms with Crippen LogP contribution in [0.2, 0.25) is 0 Å². The number of carbonyl (C=O) groups is 1. The summed E-state index contributed by atoms with van der Waals surface area (Å²) in [4.78, 5) is 24.6. The number of amides is 1. The quantitative estimate of drug-likeness (QED) is 0.796. The van der Waals surface area contributed by atoms with Gasteiger partial charge < -0.3 is 19.5 Å². The van der Waals surface area contributed by atoms with Gasteiger partial charge in [-0.15, -0.1) is 0 Å². The maximum Gasteiger partial charge on any atom is 0.273 e. The van der Waals surface area contributed by atoms with Crippen LogP contribution in [0.4, 0.5) is 5.95 Å². The average molecular weight is 428 g/mol. The van der Waals surface area contributed by atoms with Gasteiger partial charge in [-0.2, -0.15) is 0 Å². The van der Waals surface area contributed by atoms with Gasteiger partial charge in [0.15, 0.2) is 5.69 Å². The third-order valence-corrected chi connectivity index (χ3v) is 6.00. The zero-order valence-electron chi connectivity index (χ0n) is 19.3. The third kappa shape index (κ3) is 4.74. The molecule has 2 aromatic rings. The lowest BCUT2D eigenvalue weighted by atomic mass is 9.74. The van der Waals surface area contributed by atoms with Gasteiger partial charge in [0.05, 0.1) is 23.9 Å². The topological polar surface area (TPSA) is 93.4 Å². The Labute approximate surface area is 183 Å². The van der Waals surface area contributed by atoms with E-state index in [1.807, 2.05) is 20.0 Å². The van der Waals surface area contributed by atoms with Crippen molar-refractivity contribution in [1.29, 1.82) is 0 Å². The molecule has 1 fully saturated rings. The molecule has 31 heavy (non-hydrogen) atoms. The molecule has 0 aromatic carbocycles. The SMILES string of the molecule is CC1CN(c2ncc3c(n2)CC(C)(C)CC3NC(=O)c2cc(C(C)C)on2)CC(C)O1. The molecule has 0 saturated carbocycles. The zero-order valence-corrected chi connectivity index (χ0v) is 19.3. The smallest absolute Gasteiger partial charge is 0.273 e. The Hall–Kier alpha value is -2.48. The van der Waals surface area contributed by atoms with Crippen LogP contribution >= 0.6 is 0 Å². The van der Waals surface area contributed by atoms with Gasteiger partial charge in [-0.05, 0) is 32.1 Å². The molecule has 8 heteroatoms. The maximum atomic E-state index is 12.9. The summed E-state index contributed by atoms with van der Waals surface area (Å²) in [6, 6.07) is 1.55. The Morgan fingerprint density at radius 3 is 2.61 bits per heavy atom. The number of hydrogen-bond donors (Lipinski definition) is 1. The summed E-state index contributed by atoms with van der Waals surface area (Å²) in [6.45, 7) is 14.1. The van der Waals surface area contributed by atoms with Gasteiger partial charge in [-0.25, -0.2) is 9.97 Å². The summed E-state index contributed by atoms with van der Waals surface area (Å²) >= 11 is 0. The number of hydrogen-bond acceptors (Lipinski definition) is 7. The van der Waals surface area contributed by atoms with Crippen molar-refractivity contribution in [3.8, 4) is 0 Å². The first-order valence-corrected chi connectivity index (χ1v) is 11.1. The standard InChI is InChI=1S/C23H33N5O3/c1-13(2)20-7-17(27-31-20)21(29)25-18-8-23(5,6)9-19-16(18)10-24-22(26-19)28-11-14(3)30-15(4)12-28/h7,10,13-15,18H,8-9,11-12H2,1-6H3,(H,25,29). The number of rotatable bonds is 4. The second-order valence-corrected chi connectivity index (χ2v) is 10.1. The molecule has 1 amide bonds. The van der Waals surface area contributed by atoms with E-state index in [-0.39, 0.29) is 35.5 Å². The van der Waals surface area contributed by atoms with Crippen molar-refractivity contribution >= 4 is 11.9 Å². The van der Waals surface area contributed by atoms with Gasteiger partial charge >= 0.3 is 0 Å². The van der Waals surface area contributed by atoms with E-state index in [4.69, 9.17) is 14.2 Å². The molecule has 1 N–H and O–H groups in total. The van der Waals surface area contributed by atoms with Crippen LogP contribution in [0, 0.1) is 5.41 Å². The fourth-order valence-electron chi connectivity index (χ4n) is 4.56. The summed E-state index contributed by atoms with van der Waals surface area (Å²) in [5.41, 5.74) is 2.30. The molecule has 0 radical (unpaired) electrons. The Morgan fingerprint density at radius 2 is 1.97 bits per heavy atom. The fraction of sp³-hybridized carbons (Fsp3) is 0.652. The van der Waals surface area contributed by atoms with Crippen molar-refractivity contribution in [2.24, 2.45) is 5.41 Å². The van der Waals surface area contributed by atoms with Gasteiger partial charge in [0.25, 0.3) is 5.91 Å². The van der Waals surface area contributed by atoms with Crippen molar-refractivity contribution in [2.75, 3.05) is 18.0 Å². The van der Waals surface area contributed by atoms with E-state index in [1.165, 1.54) is 0 Å². The van der Waals surface area contributed by atoms with Crippen LogP contribution in [0.5, 0.6) is 0 Å². The number of anilines is 1. The van der Waals surface area contributed by atoms with E-state index in [9.17, 15) is 4.79 Å². The third-order valence-electron chi connectivity index (χ3n) is 6.00. The Morgan fingerprint density at radius 1 is 1.26 bits per heavy atom. The molecule has 1 aliphatic heterocycles. The molecular weight excluding hydrogens is 394 g/mol. The van der Waals surface area contributed by atoms with Crippen LogP contribution in [0.15, 0.2) is 16.8 Å². The highest BCUT2D eigenvalue weighted by Gasteiger charge is 2.36. The average Bonchev–Trinajstić information content (AvgIpc) is 3.16. The number of ether oxygens (including phenoxy) is 1. The highest BCUT2D eigenvalue weighted by Crippen LogP contribution is 2.40. The van der Waals surface area contributed by atoms with E-state index in [0.29, 0.717) is 11.5 Å². The summed E-state index contributed by atoms with van der Waals surface area (Å²) in [6.07, 6.45) is 3.83. The first kappa shape index (κ1) is 21.7. The Kier molecular flexibility index (Phi) is 5.77. The van der Waals surface area contributed by atoms with Crippen LogP contribution in [-0.2, 0) is 11.2 Å². The number of nitrogens with zero attached hydrogens (tertiary/aromatic N) is 4. The number of morpholine rings is 1. The van der Waals surface area contributed by atoms with E-state index < -0.39 is 0 Å². The van der Waals surface area contributed by atoms with E-state index >= 15 is 0 Å². The van der Waals surface area contributed by atoms with Crippen LogP contribution in [0.1, 0.15) is 87.4 Å². The minimum Gasteiger partial charge on any atom is -0.372 e. The molecule has 0 spiro atoms. The summed E-state index contributed by atoms with van der Waals surface area (Å²) < 4.78 is 11.1. The lowest BCUT2D eigenvalue weighted by molar-refractivity contribution is -0.00575. The summed E-state index contributed by atoms with van der Waals surface area (Å²) in [5, 5.41) is 7.09. The van der Waals surface area contributed by atoms with E-state index in [1.54, 1.807) is 6.07 Å². The van der Waals surface area contributed by atoms with Gasteiger partial charge in [0, 0.05) is 36.8 Å². The lowest BCUT2D eigenvalue weighted by Crippen LogP contribution is -2.46. The minimum atomic E-state index is -0.232. The zero-order chi connectivity index (χ0) is 22.3. The molecule has 3 atom stereocenters. The molecule has 2 aromatic heterocycles. The number of carbonyl (C=O) groups excluding carboxylic acids is 1. The monoisotopic (exact) mass is 427 g/mol. The van der Waals surface area contributed by atoms with E-state index in [0.717, 1.165) is 43.1 Å². The molecule has 2 aliphatic rings. The fourth-order valence-corrected chi connectivity index (χ4v) is 4.56. The molecule has 3 heterocycles. The van der Waals surface area contributed by atoms with Crippen molar-refractivity contribution in [3.05, 3.63) is 35.0 Å². The van der Waals surface area contributed by atoms with Gasteiger partial charge in [0.1, 0.15) is 5.76 Å². The minimum absolute atomic E-state index is 0.00901. The van der Waals surface area contributed by atoms with Gasteiger partial charge in [-0.3, -0.25) is 4.79 Å². The molecule has 8 nitrogen and oxygen atoms in total. The largest absolute Gasteiger partial charge is 0.372 e. The molecule has 168 valence electrons. The van der Waals surface area contributed by atoms with E-state index in [2.05, 4.69) is 48.1 Å². The van der Waals surface area contributed by atoms with Crippen LogP contribution in [-0.4, -0.2) is 46.3 Å². The number of nitrogens with one attached hydrogen (secondary N) is 1. The predicted molar refractivity (Wildman–Crippen MR) is 117 cm³/mol. The first-order valence-electron chi connectivity index (χ1n) is 11.1. The molecular formula is C23H33N5O3. The van der Waals surface area contributed by atoms with Crippen LogP contribution < -0.4 is 10.2 Å². The second kappa shape index (κ2) is 8.22. The van der Waals surface area contributed by atoms with Crippen molar-refractivity contribution in [2.45, 2.75) is 78.6 Å². The van der Waals surface area contributed by atoms with Crippen molar-refractivity contribution in [1.82, 2.24) is 20.4 Å². The normalized spacial score (nSPS) is 25.4.